The first-order valence-electron chi connectivity index (χ1n) is 15.2. The number of hydrogen-bond donors (Lipinski definition) is 5. The van der Waals surface area contributed by atoms with Crippen LogP contribution in [0.1, 0.15) is 41.9 Å². The fourth-order valence-corrected chi connectivity index (χ4v) is 6.12. The number of hydrogen-bond acceptors (Lipinski definition) is 10. The zero-order valence-electron chi connectivity index (χ0n) is 25.1. The van der Waals surface area contributed by atoms with Crippen LogP contribution in [0.4, 0.5) is 10.6 Å². The fourth-order valence-electron chi connectivity index (χ4n) is 6.12. The van der Waals surface area contributed by atoms with Gasteiger partial charge in [0.1, 0.15) is 24.1 Å². The fraction of sp³-hybridized carbons (Fsp3) is 0.438. The minimum Gasteiger partial charge on any atom is -0.465 e. The lowest BCUT2D eigenvalue weighted by Gasteiger charge is -2.30. The molecule has 238 valence electrons. The van der Waals surface area contributed by atoms with E-state index in [1.54, 1.807) is 10.9 Å². The van der Waals surface area contributed by atoms with Gasteiger partial charge in [0, 0.05) is 38.7 Å². The van der Waals surface area contributed by atoms with Gasteiger partial charge in [0.05, 0.1) is 19.5 Å². The minimum atomic E-state index is -1.21. The van der Waals surface area contributed by atoms with Gasteiger partial charge in [0.2, 0.25) is 0 Å². The summed E-state index contributed by atoms with van der Waals surface area (Å²) in [7, 11) is 1.51. The van der Waals surface area contributed by atoms with Crippen molar-refractivity contribution >= 4 is 23.1 Å². The van der Waals surface area contributed by atoms with Crippen LogP contribution < -0.4 is 10.6 Å². The molecule has 2 saturated heterocycles. The van der Waals surface area contributed by atoms with Crippen molar-refractivity contribution in [2.24, 2.45) is 0 Å². The van der Waals surface area contributed by atoms with Gasteiger partial charge in [-0.2, -0.15) is 0 Å². The Kier molecular flexibility index (Phi) is 9.52. The number of methoxy groups -OCH3 is 1. The molecular weight excluding hydrogens is 578 g/mol. The quantitative estimate of drug-likeness (QED) is 0.168. The molecule has 4 aromatic rings. The standard InChI is InChI=1S/C32H39N7O6/c1-44-18-24-27(40)28(41)31(45-24)39-19-35-26-29(34-16-23(20-8-4-2-5-9-20)21-10-6-3-7-11-21)36-25(37-30(26)39)17-33-22-12-14-38(15-13-22)32(42)43/h2-11,19,22-24,27-28,31,33,40-41H,12-18H2,1H3,(H,42,43)(H,34,36,37)/t24-,27-,28+,31-/m1/s1. The van der Waals surface area contributed by atoms with E-state index in [1.165, 1.54) is 12.0 Å². The molecule has 2 aromatic heterocycles. The van der Waals surface area contributed by atoms with Crippen molar-refractivity contribution in [3.05, 3.63) is 83.9 Å². The maximum atomic E-state index is 11.3. The number of amides is 1. The molecule has 1 amide bonds. The number of nitrogens with zero attached hydrogens (tertiary/aromatic N) is 5. The van der Waals surface area contributed by atoms with Gasteiger partial charge in [-0.3, -0.25) is 4.57 Å². The van der Waals surface area contributed by atoms with Crippen molar-refractivity contribution in [1.82, 2.24) is 29.7 Å². The van der Waals surface area contributed by atoms with Crippen molar-refractivity contribution in [1.29, 1.82) is 0 Å². The summed E-state index contributed by atoms with van der Waals surface area (Å²) in [5.41, 5.74) is 3.27. The summed E-state index contributed by atoms with van der Waals surface area (Å²) in [6.45, 7) is 1.94. The third-order valence-corrected chi connectivity index (χ3v) is 8.60. The molecule has 0 unspecified atom stereocenters. The molecule has 0 aliphatic carbocycles. The first-order valence-corrected chi connectivity index (χ1v) is 15.2. The molecule has 2 aromatic carbocycles. The van der Waals surface area contributed by atoms with Crippen LogP contribution in [-0.2, 0) is 16.0 Å². The molecule has 6 rings (SSSR count). The summed E-state index contributed by atoms with van der Waals surface area (Å²) >= 11 is 0. The molecule has 4 atom stereocenters. The van der Waals surface area contributed by atoms with E-state index in [4.69, 9.17) is 19.4 Å². The largest absolute Gasteiger partial charge is 0.465 e. The summed E-state index contributed by atoms with van der Waals surface area (Å²) in [6, 6.07) is 20.6. The number of piperidine rings is 1. The van der Waals surface area contributed by atoms with Crippen LogP contribution in [0.3, 0.4) is 0 Å². The monoisotopic (exact) mass is 617 g/mol. The number of aliphatic hydroxyl groups is 2. The first-order chi connectivity index (χ1) is 21.9. The summed E-state index contributed by atoms with van der Waals surface area (Å²) < 4.78 is 12.8. The molecule has 0 saturated carbocycles. The van der Waals surface area contributed by atoms with Gasteiger partial charge in [-0.15, -0.1) is 0 Å². The zero-order valence-corrected chi connectivity index (χ0v) is 25.1. The maximum Gasteiger partial charge on any atom is 0.407 e. The second-order valence-electron chi connectivity index (χ2n) is 11.5. The number of ether oxygens (including phenoxy) is 2. The van der Waals surface area contributed by atoms with E-state index in [0.29, 0.717) is 61.8 Å². The predicted molar refractivity (Wildman–Crippen MR) is 166 cm³/mol. The van der Waals surface area contributed by atoms with Gasteiger partial charge in [-0.25, -0.2) is 19.7 Å². The van der Waals surface area contributed by atoms with E-state index in [1.807, 2.05) is 36.4 Å². The highest BCUT2D eigenvalue weighted by atomic mass is 16.6. The Morgan fingerprint density at radius 2 is 1.69 bits per heavy atom. The van der Waals surface area contributed by atoms with Crippen LogP contribution in [0.25, 0.3) is 11.2 Å². The summed E-state index contributed by atoms with van der Waals surface area (Å²) in [6.07, 6.45) is -1.95. The number of fused-ring (bicyclic) bond motifs is 1. The number of carboxylic acid groups (broad SMARTS) is 1. The van der Waals surface area contributed by atoms with Gasteiger partial charge >= 0.3 is 6.09 Å². The number of imidazole rings is 1. The van der Waals surface area contributed by atoms with E-state index in [-0.39, 0.29) is 18.6 Å². The van der Waals surface area contributed by atoms with Gasteiger partial charge in [-0.05, 0) is 24.0 Å². The molecule has 5 N–H and O–H groups in total. The van der Waals surface area contributed by atoms with E-state index in [2.05, 4.69) is 39.9 Å². The highest BCUT2D eigenvalue weighted by Gasteiger charge is 2.44. The first kappa shape index (κ1) is 30.9. The Morgan fingerprint density at radius 1 is 1.02 bits per heavy atom. The Labute approximate surface area is 260 Å². The molecule has 2 aliphatic rings. The third kappa shape index (κ3) is 6.77. The van der Waals surface area contributed by atoms with Gasteiger partial charge in [-0.1, -0.05) is 60.7 Å². The van der Waals surface area contributed by atoms with Crippen LogP contribution in [0.5, 0.6) is 0 Å². The van der Waals surface area contributed by atoms with Crippen molar-refractivity contribution in [2.75, 3.05) is 38.7 Å². The number of likely N-dealkylation sites (tertiary alicyclic amines) is 1. The summed E-state index contributed by atoms with van der Waals surface area (Å²) in [4.78, 5) is 27.1. The number of carbonyl (C=O) groups is 1. The van der Waals surface area contributed by atoms with Crippen LogP contribution in [0, 0.1) is 0 Å². The molecule has 13 heteroatoms. The minimum absolute atomic E-state index is 0.0328. The van der Waals surface area contributed by atoms with Crippen molar-refractivity contribution in [3.63, 3.8) is 0 Å². The number of aromatic nitrogens is 4. The second-order valence-corrected chi connectivity index (χ2v) is 11.5. The average molecular weight is 618 g/mol. The molecule has 4 heterocycles. The normalized spacial score (nSPS) is 22.4. The molecule has 0 bridgehead atoms. The predicted octanol–water partition coefficient (Wildman–Crippen LogP) is 2.57. The molecular formula is C32H39N7O6. The lowest BCUT2D eigenvalue weighted by Crippen LogP contribution is -2.44. The lowest BCUT2D eigenvalue weighted by atomic mass is 9.91. The maximum absolute atomic E-state index is 11.3. The Bertz CT molecular complexity index is 1530. The second kappa shape index (κ2) is 13.9. The Morgan fingerprint density at radius 3 is 2.31 bits per heavy atom. The van der Waals surface area contributed by atoms with E-state index < -0.39 is 30.6 Å². The van der Waals surface area contributed by atoms with Crippen molar-refractivity contribution in [2.45, 2.75) is 55.9 Å². The van der Waals surface area contributed by atoms with E-state index in [0.717, 1.165) is 11.1 Å². The molecule has 2 fully saturated rings. The third-order valence-electron chi connectivity index (χ3n) is 8.60. The SMILES string of the molecule is COC[C@H]1O[C@@H](n2cnc3c(NCC(c4ccccc4)c4ccccc4)nc(CNC4CCN(C(=O)O)CC4)nc32)[C@@H](O)[C@@H]1O. The lowest BCUT2D eigenvalue weighted by molar-refractivity contribution is -0.0580. The number of nitrogens with one attached hydrogen (secondary N) is 2. The van der Waals surface area contributed by atoms with Crippen LogP contribution in [-0.4, -0.2) is 104 Å². The molecule has 13 nitrogen and oxygen atoms in total. The topological polar surface area (TPSA) is 167 Å². The van der Waals surface area contributed by atoms with E-state index >= 15 is 0 Å². The van der Waals surface area contributed by atoms with Gasteiger partial charge in [0.25, 0.3) is 0 Å². The van der Waals surface area contributed by atoms with Crippen LogP contribution in [0.2, 0.25) is 0 Å². The number of rotatable bonds is 11. The highest BCUT2D eigenvalue weighted by molar-refractivity contribution is 5.83. The van der Waals surface area contributed by atoms with Crippen molar-refractivity contribution in [3.8, 4) is 0 Å². The van der Waals surface area contributed by atoms with Crippen LogP contribution in [0.15, 0.2) is 67.0 Å². The molecule has 2 aliphatic heterocycles. The zero-order chi connectivity index (χ0) is 31.3. The average Bonchev–Trinajstić information content (AvgIpc) is 3.61. The van der Waals surface area contributed by atoms with Gasteiger partial charge < -0.3 is 40.3 Å². The van der Waals surface area contributed by atoms with Crippen LogP contribution >= 0.6 is 0 Å². The molecule has 0 spiro atoms. The van der Waals surface area contributed by atoms with Gasteiger partial charge in [0.15, 0.2) is 23.2 Å². The molecule has 0 radical (unpaired) electrons. The molecule has 45 heavy (non-hydrogen) atoms. The number of aliphatic hydroxyl groups excluding tert-OH is 2. The Balaban J connectivity index is 1.30. The number of benzene rings is 2. The van der Waals surface area contributed by atoms with E-state index in [9.17, 15) is 20.1 Å². The Hall–Kier alpha value is -4.14. The summed E-state index contributed by atoms with van der Waals surface area (Å²) in [5.74, 6) is 1.07. The number of anilines is 1. The summed E-state index contributed by atoms with van der Waals surface area (Å²) in [5, 5.41) is 37.8. The highest BCUT2D eigenvalue weighted by Crippen LogP contribution is 2.33. The smallest absolute Gasteiger partial charge is 0.407 e. The van der Waals surface area contributed by atoms with Crippen molar-refractivity contribution < 1.29 is 29.6 Å².